The normalized spacial score (nSPS) is 13.1. The number of nitrogens with zero attached hydrogens (tertiary/aromatic N) is 5. The fraction of sp³-hybridized carbons (Fsp3) is 0.636. The molecule has 0 aliphatic heterocycles. The SMILES string of the molecule is CN(C)C(=O)c1cc(N(C)C)nc(CN(C)C(=O)OC(C)(C)C)c1C=NS(=O)C(C)(C)C. The first kappa shape index (κ1) is 27.5. The molecule has 1 rings (SSSR count). The summed E-state index contributed by atoms with van der Waals surface area (Å²) in [5.74, 6) is 0.302. The molecule has 32 heavy (non-hydrogen) atoms. The van der Waals surface area contributed by atoms with Crippen LogP contribution in [0.5, 0.6) is 0 Å². The van der Waals surface area contributed by atoms with Crippen molar-refractivity contribution in [2.24, 2.45) is 4.40 Å². The summed E-state index contributed by atoms with van der Waals surface area (Å²) in [6, 6.07) is 1.67. The van der Waals surface area contributed by atoms with Gasteiger partial charge in [0.15, 0.2) is 0 Å². The Kier molecular flexibility index (Phi) is 8.97. The highest BCUT2D eigenvalue weighted by molar-refractivity contribution is 7.85. The fourth-order valence-corrected chi connectivity index (χ4v) is 2.91. The van der Waals surface area contributed by atoms with Gasteiger partial charge in [-0.15, -0.1) is 0 Å². The molecule has 0 radical (unpaired) electrons. The van der Waals surface area contributed by atoms with Gasteiger partial charge in [-0.3, -0.25) is 4.79 Å². The summed E-state index contributed by atoms with van der Waals surface area (Å²) < 4.78 is 21.6. The zero-order valence-corrected chi connectivity index (χ0v) is 22.0. The number of pyridine rings is 1. The molecule has 1 heterocycles. The molecule has 0 aliphatic carbocycles. The van der Waals surface area contributed by atoms with Crippen LogP contribution in [-0.2, 0) is 22.3 Å². The van der Waals surface area contributed by atoms with E-state index in [1.807, 2.05) is 34.9 Å². The van der Waals surface area contributed by atoms with E-state index in [4.69, 9.17) is 4.74 Å². The van der Waals surface area contributed by atoms with E-state index in [2.05, 4.69) is 9.38 Å². The Hall–Kier alpha value is -2.49. The van der Waals surface area contributed by atoms with Crippen LogP contribution in [-0.4, -0.2) is 82.8 Å². The van der Waals surface area contributed by atoms with Crippen LogP contribution in [0.4, 0.5) is 10.6 Å². The molecule has 0 fully saturated rings. The van der Waals surface area contributed by atoms with E-state index < -0.39 is 27.4 Å². The molecular formula is C22H37N5O4S. The van der Waals surface area contributed by atoms with Crippen LogP contribution in [0.1, 0.15) is 63.2 Å². The molecule has 9 nitrogen and oxygen atoms in total. The van der Waals surface area contributed by atoms with Gasteiger partial charge >= 0.3 is 6.09 Å². The monoisotopic (exact) mass is 467 g/mol. The Labute approximate surface area is 194 Å². The third-order valence-electron chi connectivity index (χ3n) is 4.11. The first-order valence-electron chi connectivity index (χ1n) is 10.3. The summed E-state index contributed by atoms with van der Waals surface area (Å²) >= 11 is 0. The summed E-state index contributed by atoms with van der Waals surface area (Å²) in [6.07, 6.45) is 0.902. The van der Waals surface area contributed by atoms with Gasteiger partial charge in [-0.05, 0) is 47.6 Å². The minimum Gasteiger partial charge on any atom is -0.444 e. The second kappa shape index (κ2) is 10.4. The Balaban J connectivity index is 3.62. The Bertz CT molecular complexity index is 899. The molecule has 10 heteroatoms. The molecule has 1 aromatic rings. The summed E-state index contributed by atoms with van der Waals surface area (Å²) in [4.78, 5) is 34.8. The van der Waals surface area contributed by atoms with Gasteiger partial charge in [-0.25, -0.2) is 14.0 Å². The molecule has 0 saturated carbocycles. The zero-order valence-electron chi connectivity index (χ0n) is 21.1. The van der Waals surface area contributed by atoms with Crippen molar-refractivity contribution < 1.29 is 18.5 Å². The number of hydrogen-bond acceptors (Lipinski definition) is 6. The third-order valence-corrected chi connectivity index (χ3v) is 5.46. The molecular weight excluding hydrogens is 430 g/mol. The lowest BCUT2D eigenvalue weighted by Gasteiger charge is -2.26. The van der Waals surface area contributed by atoms with Crippen molar-refractivity contribution in [3.8, 4) is 0 Å². The Morgan fingerprint density at radius 1 is 1.09 bits per heavy atom. The van der Waals surface area contributed by atoms with E-state index in [0.717, 1.165) is 0 Å². The minimum absolute atomic E-state index is 0.0772. The van der Waals surface area contributed by atoms with Crippen LogP contribution >= 0.6 is 0 Å². The number of carbonyl (C=O) groups excluding carboxylic acids is 2. The van der Waals surface area contributed by atoms with Crippen LogP contribution in [0, 0.1) is 0 Å². The zero-order chi connectivity index (χ0) is 25.0. The predicted molar refractivity (Wildman–Crippen MR) is 130 cm³/mol. The minimum atomic E-state index is -1.53. The first-order valence-corrected chi connectivity index (χ1v) is 11.4. The molecule has 0 spiro atoms. The average molecular weight is 468 g/mol. The van der Waals surface area contributed by atoms with Gasteiger partial charge in [-0.2, -0.15) is 4.40 Å². The van der Waals surface area contributed by atoms with Crippen molar-refractivity contribution >= 4 is 35.0 Å². The summed E-state index contributed by atoms with van der Waals surface area (Å²) in [5, 5.41) is 0. The summed E-state index contributed by atoms with van der Waals surface area (Å²) in [6.45, 7) is 10.9. The molecule has 0 aliphatic rings. The Morgan fingerprint density at radius 2 is 1.66 bits per heavy atom. The Morgan fingerprint density at radius 3 is 2.09 bits per heavy atom. The molecule has 0 aromatic carbocycles. The molecule has 1 atom stereocenters. The van der Waals surface area contributed by atoms with Gasteiger partial charge < -0.3 is 19.4 Å². The summed E-state index contributed by atoms with van der Waals surface area (Å²) in [7, 11) is 7.01. The topological polar surface area (TPSA) is 95.4 Å². The molecule has 0 N–H and O–H groups in total. The molecule has 180 valence electrons. The van der Waals surface area contributed by atoms with Crippen molar-refractivity contribution in [3.05, 3.63) is 22.9 Å². The first-order chi connectivity index (χ1) is 14.4. The number of rotatable bonds is 6. The van der Waals surface area contributed by atoms with E-state index in [0.29, 0.717) is 22.6 Å². The van der Waals surface area contributed by atoms with Crippen molar-refractivity contribution in [3.63, 3.8) is 0 Å². The van der Waals surface area contributed by atoms with E-state index in [-0.39, 0.29) is 12.5 Å². The third kappa shape index (κ3) is 7.89. The maximum absolute atomic E-state index is 13.0. The quantitative estimate of drug-likeness (QED) is 0.597. The maximum atomic E-state index is 13.0. The van der Waals surface area contributed by atoms with Gasteiger partial charge in [0.2, 0.25) is 0 Å². The molecule has 0 saturated heterocycles. The number of aromatic nitrogens is 1. The van der Waals surface area contributed by atoms with Crippen LogP contribution < -0.4 is 4.90 Å². The number of anilines is 1. The van der Waals surface area contributed by atoms with Gasteiger partial charge in [0, 0.05) is 47.0 Å². The number of amides is 2. The van der Waals surface area contributed by atoms with Crippen molar-refractivity contribution in [1.29, 1.82) is 0 Å². The van der Waals surface area contributed by atoms with E-state index in [1.54, 1.807) is 52.9 Å². The average Bonchev–Trinajstić information content (AvgIpc) is 2.62. The van der Waals surface area contributed by atoms with Crippen LogP contribution in [0.15, 0.2) is 10.5 Å². The maximum Gasteiger partial charge on any atom is 0.410 e. The van der Waals surface area contributed by atoms with Gasteiger partial charge in [-0.1, -0.05) is 0 Å². The highest BCUT2D eigenvalue weighted by Gasteiger charge is 2.25. The number of ether oxygens (including phenoxy) is 1. The lowest BCUT2D eigenvalue weighted by molar-refractivity contribution is 0.0283. The van der Waals surface area contributed by atoms with Gasteiger partial charge in [0.1, 0.15) is 22.4 Å². The molecule has 2 amide bonds. The van der Waals surface area contributed by atoms with Crippen LogP contribution in [0.25, 0.3) is 0 Å². The molecule has 1 aromatic heterocycles. The fourth-order valence-electron chi connectivity index (χ4n) is 2.39. The van der Waals surface area contributed by atoms with Crippen LogP contribution in [0.3, 0.4) is 0 Å². The van der Waals surface area contributed by atoms with E-state index >= 15 is 0 Å². The standard InChI is InChI=1S/C22H37N5O4S/c1-21(2,3)31-20(29)27(11)14-17-16(13-23-32(30)22(4,5)6)15(19(28)26(9)10)12-18(24-17)25(7)8/h12-13H,14H2,1-11H3. The number of hydrogen-bond donors (Lipinski definition) is 0. The van der Waals surface area contributed by atoms with E-state index in [9.17, 15) is 13.8 Å². The molecule has 0 bridgehead atoms. The second-order valence-electron chi connectivity index (χ2n) is 9.91. The smallest absolute Gasteiger partial charge is 0.410 e. The van der Waals surface area contributed by atoms with Crippen LogP contribution in [0.2, 0.25) is 0 Å². The van der Waals surface area contributed by atoms with Gasteiger partial charge in [0.25, 0.3) is 5.91 Å². The lowest BCUT2D eigenvalue weighted by atomic mass is 10.0. The lowest BCUT2D eigenvalue weighted by Crippen LogP contribution is -2.34. The number of carbonyl (C=O) groups is 2. The van der Waals surface area contributed by atoms with E-state index in [1.165, 1.54) is 16.0 Å². The predicted octanol–water partition coefficient (Wildman–Crippen LogP) is 3.10. The summed E-state index contributed by atoms with van der Waals surface area (Å²) in [5.41, 5.74) is 0.576. The molecule has 1 unspecified atom stereocenters. The van der Waals surface area contributed by atoms with Crippen molar-refractivity contribution in [1.82, 2.24) is 14.8 Å². The highest BCUT2D eigenvalue weighted by atomic mass is 32.2. The largest absolute Gasteiger partial charge is 0.444 e. The van der Waals surface area contributed by atoms with Crippen molar-refractivity contribution in [2.75, 3.05) is 40.1 Å². The van der Waals surface area contributed by atoms with Gasteiger partial charge in [0.05, 0.1) is 22.5 Å². The second-order valence-corrected chi connectivity index (χ2v) is 11.8. The van der Waals surface area contributed by atoms with Crippen molar-refractivity contribution in [2.45, 2.75) is 58.4 Å². The highest BCUT2D eigenvalue weighted by Crippen LogP contribution is 2.22.